The minimum absolute atomic E-state index is 0.375. The summed E-state index contributed by atoms with van der Waals surface area (Å²) in [6, 6.07) is 0. The summed E-state index contributed by atoms with van der Waals surface area (Å²) >= 11 is 0. The molecule has 3 aliphatic rings. The predicted molar refractivity (Wildman–Crippen MR) is 76.8 cm³/mol. The number of nitrogens with one attached hydrogen (secondary N) is 1. The van der Waals surface area contributed by atoms with Gasteiger partial charge in [-0.3, -0.25) is 4.79 Å². The van der Waals surface area contributed by atoms with E-state index < -0.39 is 0 Å². The van der Waals surface area contributed by atoms with E-state index in [1.165, 1.54) is 38.5 Å². The molecule has 2 saturated carbocycles. The Morgan fingerprint density at radius 2 is 1.95 bits per heavy atom. The first kappa shape index (κ1) is 13.4. The highest BCUT2D eigenvalue weighted by molar-refractivity contribution is 5.79. The highest BCUT2D eigenvalue weighted by Gasteiger charge is 2.44. The van der Waals surface area contributed by atoms with Gasteiger partial charge in [-0.15, -0.1) is 0 Å². The van der Waals surface area contributed by atoms with Gasteiger partial charge in [0.2, 0.25) is 5.91 Å². The molecule has 2 aliphatic carbocycles. The third-order valence-corrected chi connectivity index (χ3v) is 5.69. The molecule has 1 saturated heterocycles. The number of hydrogen-bond donors (Lipinski definition) is 1. The van der Waals surface area contributed by atoms with Crippen molar-refractivity contribution in [2.24, 2.45) is 23.7 Å². The summed E-state index contributed by atoms with van der Waals surface area (Å²) in [5.74, 6) is 3.17. The zero-order valence-corrected chi connectivity index (χ0v) is 12.2. The number of piperidine rings is 1. The van der Waals surface area contributed by atoms with Gasteiger partial charge in [-0.25, -0.2) is 0 Å². The quantitative estimate of drug-likeness (QED) is 0.845. The van der Waals surface area contributed by atoms with Crippen LogP contribution in [-0.4, -0.2) is 37.0 Å². The lowest BCUT2D eigenvalue weighted by atomic mass is 9.87. The first-order chi connectivity index (χ1) is 9.28. The van der Waals surface area contributed by atoms with Crippen molar-refractivity contribution < 1.29 is 4.79 Å². The third kappa shape index (κ3) is 2.81. The van der Waals surface area contributed by atoms with E-state index in [1.54, 1.807) is 0 Å². The van der Waals surface area contributed by atoms with E-state index in [9.17, 15) is 4.79 Å². The maximum absolute atomic E-state index is 12.8. The van der Waals surface area contributed by atoms with E-state index >= 15 is 0 Å². The highest BCUT2D eigenvalue weighted by Crippen LogP contribution is 2.48. The van der Waals surface area contributed by atoms with Gasteiger partial charge in [0, 0.05) is 19.0 Å². The summed E-state index contributed by atoms with van der Waals surface area (Å²) in [4.78, 5) is 14.9. The van der Waals surface area contributed by atoms with E-state index in [-0.39, 0.29) is 0 Å². The van der Waals surface area contributed by atoms with Gasteiger partial charge in [0.05, 0.1) is 0 Å². The van der Waals surface area contributed by atoms with Crippen LogP contribution in [-0.2, 0) is 4.79 Å². The van der Waals surface area contributed by atoms with Crippen molar-refractivity contribution in [2.45, 2.75) is 45.4 Å². The molecule has 1 amide bonds. The minimum atomic E-state index is 0.375. The van der Waals surface area contributed by atoms with Crippen molar-refractivity contribution in [3.05, 3.63) is 0 Å². The number of fused-ring (bicyclic) bond motifs is 2. The van der Waals surface area contributed by atoms with Gasteiger partial charge in [0.25, 0.3) is 0 Å². The number of carbonyl (C=O) groups is 1. The van der Waals surface area contributed by atoms with Crippen LogP contribution in [0.15, 0.2) is 0 Å². The van der Waals surface area contributed by atoms with Crippen molar-refractivity contribution in [3.8, 4) is 0 Å². The van der Waals surface area contributed by atoms with Gasteiger partial charge < -0.3 is 10.2 Å². The van der Waals surface area contributed by atoms with Gasteiger partial charge in [-0.05, 0) is 69.9 Å². The molecule has 0 aromatic heterocycles. The van der Waals surface area contributed by atoms with Gasteiger partial charge in [0.15, 0.2) is 0 Å². The average molecular weight is 264 g/mol. The number of nitrogens with zero attached hydrogens (tertiary/aromatic N) is 1. The van der Waals surface area contributed by atoms with E-state index in [2.05, 4.69) is 17.1 Å². The second-order valence-corrected chi connectivity index (χ2v) is 6.85. The molecule has 1 N–H and O–H groups in total. The summed E-state index contributed by atoms with van der Waals surface area (Å²) < 4.78 is 0. The Bertz CT molecular complexity index is 325. The van der Waals surface area contributed by atoms with E-state index in [0.29, 0.717) is 11.8 Å². The lowest BCUT2D eigenvalue weighted by Gasteiger charge is -2.33. The molecule has 0 radical (unpaired) electrons. The number of amides is 1. The van der Waals surface area contributed by atoms with Crippen LogP contribution in [0.3, 0.4) is 0 Å². The van der Waals surface area contributed by atoms with Crippen molar-refractivity contribution >= 4 is 5.91 Å². The molecule has 3 rings (SSSR count). The Hall–Kier alpha value is -0.570. The Labute approximate surface area is 117 Å². The maximum Gasteiger partial charge on any atom is 0.225 e. The smallest absolute Gasteiger partial charge is 0.225 e. The fourth-order valence-corrected chi connectivity index (χ4v) is 4.53. The van der Waals surface area contributed by atoms with E-state index in [0.717, 1.165) is 43.9 Å². The molecule has 108 valence electrons. The molecule has 0 spiro atoms. The standard InChI is InChI=1S/C16H28N2O/c1-2-18(11-12-5-7-17-8-6-12)16(19)15-10-13-3-4-14(15)9-13/h12-15,17H,2-11H2,1H3. The zero-order chi connectivity index (χ0) is 13.2. The van der Waals surface area contributed by atoms with Gasteiger partial charge >= 0.3 is 0 Å². The fraction of sp³-hybridized carbons (Fsp3) is 0.938. The summed E-state index contributed by atoms with van der Waals surface area (Å²) in [5, 5.41) is 3.41. The Morgan fingerprint density at radius 3 is 2.53 bits per heavy atom. The number of rotatable bonds is 4. The van der Waals surface area contributed by atoms with Crippen LogP contribution in [0.2, 0.25) is 0 Å². The summed E-state index contributed by atoms with van der Waals surface area (Å²) in [5.41, 5.74) is 0. The molecule has 3 atom stereocenters. The molecule has 1 heterocycles. The van der Waals surface area contributed by atoms with Crippen LogP contribution in [0.5, 0.6) is 0 Å². The Kier molecular flexibility index (Phi) is 4.11. The zero-order valence-electron chi connectivity index (χ0n) is 12.2. The molecule has 0 aromatic rings. The molecular weight excluding hydrogens is 236 g/mol. The maximum atomic E-state index is 12.8. The number of carbonyl (C=O) groups excluding carboxylic acids is 1. The second kappa shape index (κ2) is 5.82. The normalized spacial score (nSPS) is 34.7. The molecular formula is C16H28N2O. The van der Waals surface area contributed by atoms with Gasteiger partial charge in [-0.1, -0.05) is 6.42 Å². The number of hydrogen-bond acceptors (Lipinski definition) is 2. The first-order valence-electron chi connectivity index (χ1n) is 8.27. The van der Waals surface area contributed by atoms with Crippen LogP contribution in [0, 0.1) is 23.7 Å². The molecule has 3 unspecified atom stereocenters. The predicted octanol–water partition coefficient (Wildman–Crippen LogP) is 2.27. The fourth-order valence-electron chi connectivity index (χ4n) is 4.53. The Morgan fingerprint density at radius 1 is 1.16 bits per heavy atom. The Balaban J connectivity index is 1.56. The molecule has 2 bridgehead atoms. The van der Waals surface area contributed by atoms with Crippen LogP contribution in [0.25, 0.3) is 0 Å². The monoisotopic (exact) mass is 264 g/mol. The summed E-state index contributed by atoms with van der Waals surface area (Å²) in [7, 11) is 0. The highest BCUT2D eigenvalue weighted by atomic mass is 16.2. The minimum Gasteiger partial charge on any atom is -0.342 e. The largest absolute Gasteiger partial charge is 0.342 e. The lowest BCUT2D eigenvalue weighted by Crippen LogP contribution is -2.43. The van der Waals surface area contributed by atoms with Crippen LogP contribution < -0.4 is 5.32 Å². The van der Waals surface area contributed by atoms with Crippen molar-refractivity contribution in [1.29, 1.82) is 0 Å². The van der Waals surface area contributed by atoms with Crippen LogP contribution in [0.1, 0.15) is 45.4 Å². The molecule has 1 aliphatic heterocycles. The lowest BCUT2D eigenvalue weighted by molar-refractivity contribution is -0.137. The van der Waals surface area contributed by atoms with Gasteiger partial charge in [0.1, 0.15) is 0 Å². The first-order valence-corrected chi connectivity index (χ1v) is 8.27. The van der Waals surface area contributed by atoms with Gasteiger partial charge in [-0.2, -0.15) is 0 Å². The van der Waals surface area contributed by atoms with Crippen molar-refractivity contribution in [2.75, 3.05) is 26.2 Å². The second-order valence-electron chi connectivity index (χ2n) is 6.85. The van der Waals surface area contributed by atoms with Crippen LogP contribution in [0.4, 0.5) is 0 Å². The molecule has 0 aromatic carbocycles. The topological polar surface area (TPSA) is 32.3 Å². The molecule has 3 fully saturated rings. The summed E-state index contributed by atoms with van der Waals surface area (Å²) in [6.07, 6.45) is 7.69. The van der Waals surface area contributed by atoms with E-state index in [1.807, 2.05) is 0 Å². The molecule has 3 heteroatoms. The SMILES string of the molecule is CCN(CC1CCNCC1)C(=O)C1CC2CCC1C2. The van der Waals surface area contributed by atoms with Crippen LogP contribution >= 0.6 is 0 Å². The van der Waals surface area contributed by atoms with Crippen molar-refractivity contribution in [1.82, 2.24) is 10.2 Å². The molecule has 19 heavy (non-hydrogen) atoms. The average Bonchev–Trinajstić information content (AvgIpc) is 3.08. The summed E-state index contributed by atoms with van der Waals surface area (Å²) in [6.45, 7) is 6.31. The third-order valence-electron chi connectivity index (χ3n) is 5.69. The van der Waals surface area contributed by atoms with E-state index in [4.69, 9.17) is 0 Å². The van der Waals surface area contributed by atoms with Crippen molar-refractivity contribution in [3.63, 3.8) is 0 Å². The molecule has 3 nitrogen and oxygen atoms in total.